The van der Waals surface area contributed by atoms with Gasteiger partial charge in [-0.05, 0) is 12.1 Å². The molecule has 0 aromatic carbocycles. The van der Waals surface area contributed by atoms with E-state index >= 15 is 0 Å². The van der Waals surface area contributed by atoms with Crippen LogP contribution in [-0.2, 0) is 5.41 Å². The first kappa shape index (κ1) is 9.78. The van der Waals surface area contributed by atoms with E-state index in [0.29, 0.717) is 0 Å². The summed E-state index contributed by atoms with van der Waals surface area (Å²) in [6, 6.07) is 5.77. The second-order valence-corrected chi connectivity index (χ2v) is 3.87. The fraction of sp³-hybridized carbons (Fsp3) is 0.364. The minimum absolute atomic E-state index is 0.0268. The standard InChI is InChI=1S/C11H15NO/c1-11(2,3)10-6-4-5-7-12-8-9-13-10/h4-9H,1-3H3. The van der Waals surface area contributed by atoms with Crippen molar-refractivity contribution in [1.82, 2.24) is 4.98 Å². The van der Waals surface area contributed by atoms with E-state index in [2.05, 4.69) is 25.8 Å². The van der Waals surface area contributed by atoms with Gasteiger partial charge in [0.15, 0.2) is 0 Å². The first-order chi connectivity index (χ1) is 6.11. The molecule has 0 aliphatic rings. The maximum atomic E-state index is 5.44. The molecule has 0 aliphatic heterocycles. The van der Waals surface area contributed by atoms with Crippen molar-refractivity contribution >= 4 is 0 Å². The third kappa shape index (κ3) is 3.28. The highest BCUT2D eigenvalue weighted by atomic mass is 16.3. The van der Waals surface area contributed by atoms with Crippen LogP contribution in [0.5, 0.6) is 0 Å². The van der Waals surface area contributed by atoms with E-state index in [4.69, 9.17) is 4.42 Å². The molecule has 1 aromatic heterocycles. The van der Waals surface area contributed by atoms with Crippen LogP contribution < -0.4 is 0 Å². The molecule has 0 saturated carbocycles. The Kier molecular flexibility index (Phi) is 3.07. The molecule has 2 heteroatoms. The minimum Gasteiger partial charge on any atom is -0.467 e. The van der Waals surface area contributed by atoms with E-state index in [1.165, 1.54) is 0 Å². The Labute approximate surface area is 78.9 Å². The highest BCUT2D eigenvalue weighted by molar-refractivity contribution is 5.06. The van der Waals surface area contributed by atoms with Crippen molar-refractivity contribution in [3.05, 3.63) is 42.6 Å². The molecule has 13 heavy (non-hydrogen) atoms. The van der Waals surface area contributed by atoms with Crippen LogP contribution in [0.15, 0.2) is 41.3 Å². The van der Waals surface area contributed by atoms with Gasteiger partial charge in [0.05, 0.1) is 6.20 Å². The van der Waals surface area contributed by atoms with Crippen molar-refractivity contribution in [2.75, 3.05) is 0 Å². The third-order valence-corrected chi connectivity index (χ3v) is 1.61. The van der Waals surface area contributed by atoms with Crippen molar-refractivity contribution in [2.24, 2.45) is 0 Å². The zero-order chi connectivity index (χ0) is 9.73. The molecule has 1 rings (SSSR count). The van der Waals surface area contributed by atoms with Crippen LogP contribution in [0.25, 0.3) is 0 Å². The smallest absolute Gasteiger partial charge is 0.109 e. The Balaban J connectivity index is 3.20. The fourth-order valence-corrected chi connectivity index (χ4v) is 0.897. The van der Waals surface area contributed by atoms with Gasteiger partial charge < -0.3 is 4.42 Å². The number of nitrogens with zero attached hydrogens (tertiary/aromatic N) is 1. The van der Waals surface area contributed by atoms with Crippen LogP contribution in [0, 0.1) is 0 Å². The second kappa shape index (κ2) is 4.08. The van der Waals surface area contributed by atoms with Gasteiger partial charge in [-0.2, -0.15) is 0 Å². The average molecular weight is 177 g/mol. The van der Waals surface area contributed by atoms with Gasteiger partial charge >= 0.3 is 0 Å². The van der Waals surface area contributed by atoms with Crippen molar-refractivity contribution in [3.63, 3.8) is 0 Å². The highest BCUT2D eigenvalue weighted by Gasteiger charge is 2.14. The molecule has 2 nitrogen and oxygen atoms in total. The van der Waals surface area contributed by atoms with Crippen LogP contribution >= 0.6 is 0 Å². The summed E-state index contributed by atoms with van der Waals surface area (Å²) in [5.74, 6) is 0.936. The molecule has 0 bridgehead atoms. The minimum atomic E-state index is 0.0268. The monoisotopic (exact) mass is 177 g/mol. The molecule has 0 spiro atoms. The molecule has 0 unspecified atom stereocenters. The average Bonchev–Trinajstić information content (AvgIpc) is 2.14. The molecule has 0 fully saturated rings. The fourth-order valence-electron chi connectivity index (χ4n) is 0.897. The van der Waals surface area contributed by atoms with Gasteiger partial charge in [0, 0.05) is 11.6 Å². The lowest BCUT2D eigenvalue weighted by molar-refractivity contribution is 0.399. The van der Waals surface area contributed by atoms with E-state index in [1.54, 1.807) is 18.7 Å². The van der Waals surface area contributed by atoms with Gasteiger partial charge in [-0.15, -0.1) is 0 Å². The summed E-state index contributed by atoms with van der Waals surface area (Å²) in [5, 5.41) is 0. The van der Waals surface area contributed by atoms with Gasteiger partial charge in [0.2, 0.25) is 0 Å². The predicted molar refractivity (Wildman–Crippen MR) is 52.8 cm³/mol. The van der Waals surface area contributed by atoms with Crippen LogP contribution in [0.1, 0.15) is 26.5 Å². The van der Waals surface area contributed by atoms with E-state index in [1.807, 2.05) is 18.2 Å². The third-order valence-electron chi connectivity index (χ3n) is 1.61. The van der Waals surface area contributed by atoms with E-state index in [-0.39, 0.29) is 5.41 Å². The lowest BCUT2D eigenvalue weighted by Gasteiger charge is -2.14. The molecule has 70 valence electrons. The van der Waals surface area contributed by atoms with Gasteiger partial charge in [0.1, 0.15) is 12.0 Å². The Morgan fingerprint density at radius 2 is 1.92 bits per heavy atom. The second-order valence-electron chi connectivity index (χ2n) is 3.87. The van der Waals surface area contributed by atoms with E-state index in [9.17, 15) is 0 Å². The van der Waals surface area contributed by atoms with Gasteiger partial charge in [0.25, 0.3) is 0 Å². The summed E-state index contributed by atoms with van der Waals surface area (Å²) >= 11 is 0. The molecule has 0 saturated heterocycles. The van der Waals surface area contributed by atoms with Crippen LogP contribution in [0.4, 0.5) is 0 Å². The van der Waals surface area contributed by atoms with E-state index in [0.717, 1.165) is 5.76 Å². The quantitative estimate of drug-likeness (QED) is 0.608. The Hall–Kier alpha value is -1.31. The Morgan fingerprint density at radius 3 is 2.62 bits per heavy atom. The van der Waals surface area contributed by atoms with E-state index < -0.39 is 0 Å². The van der Waals surface area contributed by atoms with Crippen LogP contribution in [0.3, 0.4) is 0 Å². The zero-order valence-electron chi connectivity index (χ0n) is 8.32. The van der Waals surface area contributed by atoms with Crippen LogP contribution in [-0.4, -0.2) is 4.98 Å². The number of hydrogen-bond donors (Lipinski definition) is 0. The summed E-state index contributed by atoms with van der Waals surface area (Å²) in [6.45, 7) is 6.33. The lowest BCUT2D eigenvalue weighted by atomic mass is 9.93. The summed E-state index contributed by atoms with van der Waals surface area (Å²) in [4.78, 5) is 3.96. The zero-order valence-corrected chi connectivity index (χ0v) is 8.32. The van der Waals surface area contributed by atoms with Gasteiger partial charge in [-0.25, -0.2) is 0 Å². The first-order valence-corrected chi connectivity index (χ1v) is 4.33. The molecule has 0 aliphatic carbocycles. The lowest BCUT2D eigenvalue weighted by Crippen LogP contribution is -2.09. The molecule has 0 atom stereocenters. The number of hydrogen-bond acceptors (Lipinski definition) is 2. The number of rotatable bonds is 0. The maximum absolute atomic E-state index is 5.44. The SMILES string of the molecule is CC(C)(C)c1ccccncco1. The molecule has 0 amide bonds. The molecular weight excluding hydrogens is 162 g/mol. The summed E-state index contributed by atoms with van der Waals surface area (Å²) in [7, 11) is 0. The van der Waals surface area contributed by atoms with Gasteiger partial charge in [-0.3, -0.25) is 4.98 Å². The summed E-state index contributed by atoms with van der Waals surface area (Å²) in [6.07, 6.45) is 4.96. The number of aromatic nitrogens is 1. The van der Waals surface area contributed by atoms with Crippen molar-refractivity contribution in [3.8, 4) is 0 Å². The van der Waals surface area contributed by atoms with Crippen molar-refractivity contribution in [1.29, 1.82) is 0 Å². The Morgan fingerprint density at radius 1 is 1.15 bits per heavy atom. The topological polar surface area (TPSA) is 26.0 Å². The molecule has 0 radical (unpaired) electrons. The van der Waals surface area contributed by atoms with Crippen molar-refractivity contribution < 1.29 is 4.42 Å². The largest absolute Gasteiger partial charge is 0.467 e. The van der Waals surface area contributed by atoms with Gasteiger partial charge in [-0.1, -0.05) is 26.8 Å². The summed E-state index contributed by atoms with van der Waals surface area (Å²) < 4.78 is 5.44. The van der Waals surface area contributed by atoms with Crippen LogP contribution in [0.2, 0.25) is 0 Å². The Bertz CT molecular complexity index is 284. The maximum Gasteiger partial charge on any atom is 0.109 e. The molecule has 1 heterocycles. The molecular formula is C11H15NO. The highest BCUT2D eigenvalue weighted by Crippen LogP contribution is 2.19. The molecule has 0 N–H and O–H groups in total. The predicted octanol–water partition coefficient (Wildman–Crippen LogP) is 3.10. The van der Waals surface area contributed by atoms with Crippen molar-refractivity contribution in [2.45, 2.75) is 26.2 Å². The molecule has 1 aromatic rings. The normalized spacial score (nSPS) is 10.7. The summed E-state index contributed by atoms with van der Waals surface area (Å²) in [5.41, 5.74) is 0.0268. The first-order valence-electron chi connectivity index (χ1n) is 4.33.